The molecule has 0 saturated carbocycles. The fourth-order valence-electron chi connectivity index (χ4n) is 4.28. The van der Waals surface area contributed by atoms with E-state index in [1.54, 1.807) is 30.1 Å². The lowest BCUT2D eigenvalue weighted by Gasteiger charge is -2.20. The minimum atomic E-state index is -0.199. The lowest BCUT2D eigenvalue weighted by Crippen LogP contribution is -2.15. The predicted octanol–water partition coefficient (Wildman–Crippen LogP) is 7.88. The van der Waals surface area contributed by atoms with Crippen LogP contribution >= 0.6 is 23.4 Å². The largest absolute Gasteiger partial charge is 0.488 e. The van der Waals surface area contributed by atoms with Crippen molar-refractivity contribution in [3.8, 4) is 34.1 Å². The maximum atomic E-state index is 9.86. The third-order valence-corrected chi connectivity index (χ3v) is 7.36. The van der Waals surface area contributed by atoms with E-state index in [0.717, 1.165) is 44.2 Å². The molecule has 1 N–H and O–H groups in total. The molecule has 3 aromatic carbocycles. The van der Waals surface area contributed by atoms with Gasteiger partial charge < -0.3 is 24.1 Å². The molecule has 8 heteroatoms. The first kappa shape index (κ1) is 29.6. The van der Waals surface area contributed by atoms with Gasteiger partial charge in [0.25, 0.3) is 0 Å². The lowest BCUT2D eigenvalue weighted by molar-refractivity contribution is 0.171. The number of aromatic nitrogens is 1. The zero-order chi connectivity index (χ0) is 28.5. The maximum absolute atomic E-state index is 9.86. The van der Waals surface area contributed by atoms with Crippen molar-refractivity contribution >= 4 is 23.4 Å². The van der Waals surface area contributed by atoms with Crippen molar-refractivity contribution in [3.05, 3.63) is 94.3 Å². The second-order valence-electron chi connectivity index (χ2n) is 8.81. The van der Waals surface area contributed by atoms with Gasteiger partial charge in [0.15, 0.2) is 11.5 Å². The fourth-order valence-corrected chi connectivity index (χ4v) is 4.96. The Hall–Kier alpha value is -3.39. The second-order valence-corrected chi connectivity index (χ2v) is 10.1. The summed E-state index contributed by atoms with van der Waals surface area (Å²) in [4.78, 5) is 5.31. The highest BCUT2D eigenvalue weighted by atomic mass is 35.5. The molecule has 0 aliphatic carbocycles. The molecule has 0 atom stereocenters. The summed E-state index contributed by atoms with van der Waals surface area (Å²) in [6.45, 7) is 7.62. The number of thioether (sulfide) groups is 1. The normalized spacial score (nSPS) is 11.8. The number of nitrogens with zero attached hydrogens (tertiary/aromatic N) is 1. The van der Waals surface area contributed by atoms with Crippen molar-refractivity contribution in [2.24, 2.45) is 0 Å². The van der Waals surface area contributed by atoms with Gasteiger partial charge in [-0.1, -0.05) is 49.7 Å². The van der Waals surface area contributed by atoms with Crippen molar-refractivity contribution < 1.29 is 24.1 Å². The third kappa shape index (κ3) is 7.02. The second kappa shape index (κ2) is 14.3. The van der Waals surface area contributed by atoms with E-state index >= 15 is 0 Å². The minimum absolute atomic E-state index is 0.199. The summed E-state index contributed by atoms with van der Waals surface area (Å²) >= 11 is 8.13. The molecule has 5 rings (SSSR count). The van der Waals surface area contributed by atoms with Gasteiger partial charge >= 0.3 is 0 Å². The quantitative estimate of drug-likeness (QED) is 0.202. The Kier molecular flexibility index (Phi) is 10.6. The summed E-state index contributed by atoms with van der Waals surface area (Å²) in [5.74, 6) is 2.53. The number of pyridine rings is 1. The molecular formula is C32H34ClNO5S. The average molecular weight is 580 g/mol. The van der Waals surface area contributed by atoms with Crippen LogP contribution < -0.4 is 18.9 Å². The van der Waals surface area contributed by atoms with E-state index in [-0.39, 0.29) is 6.61 Å². The molecule has 1 aliphatic heterocycles. The lowest BCUT2D eigenvalue weighted by atomic mass is 9.96. The van der Waals surface area contributed by atoms with Crippen LogP contribution in [-0.4, -0.2) is 29.6 Å². The van der Waals surface area contributed by atoms with Crippen LogP contribution in [0.15, 0.2) is 71.9 Å². The number of benzene rings is 3. The maximum Gasteiger partial charge on any atom is 0.161 e. The van der Waals surface area contributed by atoms with E-state index in [9.17, 15) is 5.11 Å². The van der Waals surface area contributed by atoms with Crippen LogP contribution in [0.4, 0.5) is 0 Å². The third-order valence-electron chi connectivity index (χ3n) is 6.37. The molecule has 0 bridgehead atoms. The standard InChI is InChI=1S/C30H28ClNO5S.C2H6/c1-19-22(4-3-5-25(19)21-6-7-27-30(12-21)35-9-8-34-27)18-37-29-13-28(23(16-33)11-26(29)31)36-17-20-10-24(38-2)15-32-14-20;1-2/h3-7,10-15,33H,8-9,16-18H2,1-2H3;1-2H3. The SMILES string of the molecule is CC.CSc1cncc(COc2cc(OCc3cccc(-c4ccc5c(c4)OCCO5)c3C)c(Cl)cc2CO)c1. The molecule has 0 saturated heterocycles. The number of halogens is 1. The van der Waals surface area contributed by atoms with Gasteiger partial charge in [-0.3, -0.25) is 4.98 Å². The molecular weight excluding hydrogens is 546 g/mol. The van der Waals surface area contributed by atoms with Crippen LogP contribution in [0.5, 0.6) is 23.0 Å². The van der Waals surface area contributed by atoms with Gasteiger partial charge in [0.2, 0.25) is 0 Å². The number of hydrogen-bond acceptors (Lipinski definition) is 7. The zero-order valence-corrected chi connectivity index (χ0v) is 24.8. The first-order valence-corrected chi connectivity index (χ1v) is 14.8. The smallest absolute Gasteiger partial charge is 0.161 e. The average Bonchev–Trinajstić information content (AvgIpc) is 3.01. The van der Waals surface area contributed by atoms with Gasteiger partial charge in [-0.25, -0.2) is 0 Å². The molecule has 0 radical (unpaired) electrons. The number of aliphatic hydroxyl groups is 1. The van der Waals surface area contributed by atoms with Crippen LogP contribution in [0.1, 0.15) is 36.1 Å². The summed E-state index contributed by atoms with van der Waals surface area (Å²) in [5, 5.41) is 10.3. The predicted molar refractivity (Wildman–Crippen MR) is 161 cm³/mol. The molecule has 0 amide bonds. The minimum Gasteiger partial charge on any atom is -0.488 e. The molecule has 2 heterocycles. The van der Waals surface area contributed by atoms with E-state index in [2.05, 4.69) is 18.0 Å². The topological polar surface area (TPSA) is 70.0 Å². The van der Waals surface area contributed by atoms with Gasteiger partial charge in [-0.05, 0) is 59.7 Å². The van der Waals surface area contributed by atoms with E-state index in [0.29, 0.717) is 48.5 Å². The van der Waals surface area contributed by atoms with Crippen molar-refractivity contribution in [2.75, 3.05) is 19.5 Å². The summed E-state index contributed by atoms with van der Waals surface area (Å²) in [6, 6.07) is 17.6. The molecule has 0 fully saturated rings. The van der Waals surface area contributed by atoms with Gasteiger partial charge in [0.1, 0.15) is 37.9 Å². The summed E-state index contributed by atoms with van der Waals surface area (Å²) in [5.41, 5.74) is 5.80. The Bertz CT molecular complexity index is 1450. The number of hydrogen-bond donors (Lipinski definition) is 1. The van der Waals surface area contributed by atoms with E-state index in [1.165, 1.54) is 0 Å². The van der Waals surface area contributed by atoms with Crippen LogP contribution in [-0.2, 0) is 19.8 Å². The Morgan fingerprint density at radius 1 is 0.900 bits per heavy atom. The van der Waals surface area contributed by atoms with Gasteiger partial charge in [-0.15, -0.1) is 11.8 Å². The first-order chi connectivity index (χ1) is 19.6. The Labute approximate surface area is 245 Å². The molecule has 1 aliphatic rings. The number of fused-ring (bicyclic) bond motifs is 1. The number of aliphatic hydroxyl groups excluding tert-OH is 1. The molecule has 210 valence electrons. The van der Waals surface area contributed by atoms with Crippen LogP contribution in [0.3, 0.4) is 0 Å². The summed E-state index contributed by atoms with van der Waals surface area (Å²) < 4.78 is 23.6. The van der Waals surface area contributed by atoms with Crippen LogP contribution in [0.25, 0.3) is 11.1 Å². The van der Waals surface area contributed by atoms with Gasteiger partial charge in [0.05, 0.1) is 11.6 Å². The molecule has 0 spiro atoms. The van der Waals surface area contributed by atoms with E-state index in [4.69, 9.17) is 30.5 Å². The summed E-state index contributed by atoms with van der Waals surface area (Å²) in [6.07, 6.45) is 5.58. The van der Waals surface area contributed by atoms with Crippen molar-refractivity contribution in [3.63, 3.8) is 0 Å². The highest BCUT2D eigenvalue weighted by molar-refractivity contribution is 7.98. The van der Waals surface area contributed by atoms with Crippen LogP contribution in [0.2, 0.25) is 5.02 Å². The van der Waals surface area contributed by atoms with Crippen molar-refractivity contribution in [2.45, 2.75) is 45.5 Å². The fraction of sp³-hybridized carbons (Fsp3) is 0.281. The Morgan fingerprint density at radius 3 is 2.45 bits per heavy atom. The Morgan fingerprint density at radius 2 is 1.68 bits per heavy atom. The number of ether oxygens (including phenoxy) is 4. The molecule has 40 heavy (non-hydrogen) atoms. The highest BCUT2D eigenvalue weighted by Crippen LogP contribution is 2.37. The van der Waals surface area contributed by atoms with Crippen molar-refractivity contribution in [1.82, 2.24) is 4.98 Å². The van der Waals surface area contributed by atoms with Gasteiger partial charge in [0, 0.05) is 34.5 Å². The van der Waals surface area contributed by atoms with E-state index in [1.807, 2.05) is 62.7 Å². The van der Waals surface area contributed by atoms with Gasteiger partial charge in [-0.2, -0.15) is 0 Å². The first-order valence-electron chi connectivity index (χ1n) is 13.2. The van der Waals surface area contributed by atoms with E-state index < -0.39 is 0 Å². The molecule has 4 aromatic rings. The van der Waals surface area contributed by atoms with Crippen LogP contribution in [0, 0.1) is 6.92 Å². The zero-order valence-electron chi connectivity index (χ0n) is 23.2. The summed E-state index contributed by atoms with van der Waals surface area (Å²) in [7, 11) is 0. The van der Waals surface area contributed by atoms with Crippen molar-refractivity contribution in [1.29, 1.82) is 0 Å². The monoisotopic (exact) mass is 579 g/mol. The Balaban J connectivity index is 0.00000181. The highest BCUT2D eigenvalue weighted by Gasteiger charge is 2.16. The molecule has 1 aromatic heterocycles. The molecule has 6 nitrogen and oxygen atoms in total. The number of rotatable bonds is 9. The molecule has 0 unspecified atom stereocenters.